The largest absolute Gasteiger partial charge is 0.454 e. The number of allylic oxidation sites excluding steroid dienone is 2. The van der Waals surface area contributed by atoms with E-state index in [2.05, 4.69) is 0 Å². The highest BCUT2D eigenvalue weighted by atomic mass is 35.5. The highest BCUT2D eigenvalue weighted by Gasteiger charge is 2.37. The van der Waals surface area contributed by atoms with E-state index in [9.17, 15) is 26.4 Å². The first-order valence-corrected chi connectivity index (χ1v) is 9.14. The first-order chi connectivity index (χ1) is 11.5. The van der Waals surface area contributed by atoms with Crippen molar-refractivity contribution >= 4 is 27.4 Å². The molecule has 1 aliphatic rings. The number of piperazine rings is 1. The van der Waals surface area contributed by atoms with Gasteiger partial charge in [-0.25, -0.2) is 8.42 Å². The molecule has 0 spiro atoms. The molecule has 1 fully saturated rings. The predicted octanol–water partition coefficient (Wildman–Crippen LogP) is 2.68. The van der Waals surface area contributed by atoms with Crippen LogP contribution in [0.2, 0.25) is 5.02 Å². The van der Waals surface area contributed by atoms with Crippen LogP contribution in [0.25, 0.3) is 0 Å². The Balaban J connectivity index is 2.06. The Labute approximate surface area is 148 Å². The number of halogens is 4. The summed E-state index contributed by atoms with van der Waals surface area (Å²) < 4.78 is 63.3. The smallest absolute Gasteiger partial charge is 0.372 e. The van der Waals surface area contributed by atoms with Crippen molar-refractivity contribution in [2.75, 3.05) is 26.2 Å². The summed E-state index contributed by atoms with van der Waals surface area (Å²) in [6, 6.07) is 5.86. The zero-order valence-electron chi connectivity index (χ0n) is 13.3. The lowest BCUT2D eigenvalue weighted by molar-refractivity contribution is -0.165. The second-order valence-electron chi connectivity index (χ2n) is 5.50. The second kappa shape index (κ2) is 7.35. The zero-order chi connectivity index (χ0) is 18.8. The molecule has 1 saturated heterocycles. The van der Waals surface area contributed by atoms with Gasteiger partial charge in [-0.05, 0) is 25.1 Å². The summed E-state index contributed by atoms with van der Waals surface area (Å²) >= 11 is 5.82. The summed E-state index contributed by atoms with van der Waals surface area (Å²) in [5, 5.41) is 0.296. The third-order valence-electron chi connectivity index (χ3n) is 3.79. The molecule has 0 radical (unpaired) electrons. The molecule has 1 aromatic carbocycles. The van der Waals surface area contributed by atoms with Crippen molar-refractivity contribution in [1.29, 1.82) is 0 Å². The maximum Gasteiger partial charge on any atom is 0.454 e. The molecule has 25 heavy (non-hydrogen) atoms. The summed E-state index contributed by atoms with van der Waals surface area (Å²) in [4.78, 5) is 12.6. The van der Waals surface area contributed by atoms with Crippen LogP contribution in [0, 0.1) is 0 Å². The maximum absolute atomic E-state index is 12.6. The van der Waals surface area contributed by atoms with Crippen LogP contribution >= 0.6 is 11.6 Å². The highest BCUT2D eigenvalue weighted by Crippen LogP contribution is 2.22. The summed E-state index contributed by atoms with van der Waals surface area (Å²) in [6.45, 7) is 1.96. The SMILES string of the molecule is C/C(=C\C(=O)C(F)(F)F)N1CCN(S(=O)(=O)c2cccc(Cl)c2)CC1. The third kappa shape index (κ3) is 4.74. The van der Waals surface area contributed by atoms with Crippen LogP contribution in [0.15, 0.2) is 40.9 Å². The van der Waals surface area contributed by atoms with E-state index in [1.165, 1.54) is 29.4 Å². The van der Waals surface area contributed by atoms with Crippen LogP contribution in [0.3, 0.4) is 0 Å². The van der Waals surface area contributed by atoms with E-state index in [4.69, 9.17) is 11.6 Å². The lowest BCUT2D eigenvalue weighted by atomic mass is 10.2. The summed E-state index contributed by atoms with van der Waals surface area (Å²) in [7, 11) is -3.72. The molecule has 138 valence electrons. The molecule has 0 unspecified atom stereocenters. The molecular formula is C15H16ClF3N2O3S. The third-order valence-corrected chi connectivity index (χ3v) is 5.92. The molecule has 0 atom stereocenters. The normalized spacial score (nSPS) is 17.6. The topological polar surface area (TPSA) is 57.7 Å². The van der Waals surface area contributed by atoms with Crippen LogP contribution in [-0.4, -0.2) is 55.8 Å². The van der Waals surface area contributed by atoms with Crippen LogP contribution in [0.5, 0.6) is 0 Å². The van der Waals surface area contributed by atoms with Gasteiger partial charge in [-0.1, -0.05) is 17.7 Å². The number of benzene rings is 1. The monoisotopic (exact) mass is 396 g/mol. The molecule has 1 aliphatic heterocycles. The fraction of sp³-hybridized carbons (Fsp3) is 0.400. The minimum Gasteiger partial charge on any atom is -0.372 e. The van der Waals surface area contributed by atoms with Gasteiger partial charge in [0.05, 0.1) is 4.90 Å². The quantitative estimate of drug-likeness (QED) is 0.734. The molecule has 0 saturated carbocycles. The number of carbonyl (C=O) groups is 1. The maximum atomic E-state index is 12.6. The summed E-state index contributed by atoms with van der Waals surface area (Å²) in [5.41, 5.74) is 0.155. The Morgan fingerprint density at radius 3 is 2.32 bits per heavy atom. The number of hydrogen-bond donors (Lipinski definition) is 0. The van der Waals surface area contributed by atoms with Gasteiger partial charge in [0.25, 0.3) is 5.78 Å². The van der Waals surface area contributed by atoms with Crippen LogP contribution in [-0.2, 0) is 14.8 Å². The van der Waals surface area contributed by atoms with Crippen LogP contribution in [0.4, 0.5) is 13.2 Å². The van der Waals surface area contributed by atoms with Gasteiger partial charge in [-0.2, -0.15) is 17.5 Å². The Morgan fingerprint density at radius 1 is 1.20 bits per heavy atom. The van der Waals surface area contributed by atoms with E-state index in [1.807, 2.05) is 0 Å². The first-order valence-electron chi connectivity index (χ1n) is 7.32. The van der Waals surface area contributed by atoms with Gasteiger partial charge in [-0.15, -0.1) is 0 Å². The van der Waals surface area contributed by atoms with E-state index in [0.717, 1.165) is 0 Å². The number of carbonyl (C=O) groups excluding carboxylic acids is 1. The van der Waals surface area contributed by atoms with Crippen molar-refractivity contribution in [2.24, 2.45) is 0 Å². The van der Waals surface area contributed by atoms with Crippen molar-refractivity contribution < 1.29 is 26.4 Å². The minimum atomic E-state index is -4.92. The van der Waals surface area contributed by atoms with Crippen molar-refractivity contribution in [2.45, 2.75) is 18.0 Å². The average Bonchev–Trinajstić information content (AvgIpc) is 2.54. The van der Waals surface area contributed by atoms with Crippen molar-refractivity contribution in [3.05, 3.63) is 41.1 Å². The van der Waals surface area contributed by atoms with Gasteiger partial charge in [0.2, 0.25) is 10.0 Å². The van der Waals surface area contributed by atoms with Gasteiger partial charge >= 0.3 is 6.18 Å². The van der Waals surface area contributed by atoms with E-state index in [-0.39, 0.29) is 36.8 Å². The molecule has 0 amide bonds. The van der Waals surface area contributed by atoms with Crippen LogP contribution in [0.1, 0.15) is 6.92 Å². The molecule has 0 bridgehead atoms. The predicted molar refractivity (Wildman–Crippen MR) is 86.6 cm³/mol. The molecule has 5 nitrogen and oxygen atoms in total. The molecule has 2 rings (SSSR count). The molecular weight excluding hydrogens is 381 g/mol. The van der Waals surface area contributed by atoms with Crippen LogP contribution < -0.4 is 0 Å². The summed E-state index contributed by atoms with van der Waals surface area (Å²) in [6.07, 6.45) is -4.39. The Bertz CT molecular complexity index is 785. The Morgan fingerprint density at radius 2 is 1.80 bits per heavy atom. The molecule has 0 aromatic heterocycles. The van der Waals surface area contributed by atoms with Gasteiger partial charge in [-0.3, -0.25) is 4.79 Å². The van der Waals surface area contributed by atoms with Crippen molar-refractivity contribution in [1.82, 2.24) is 9.21 Å². The highest BCUT2D eigenvalue weighted by molar-refractivity contribution is 7.89. The Hall–Kier alpha value is -1.58. The van der Waals surface area contributed by atoms with E-state index < -0.39 is 22.0 Å². The minimum absolute atomic E-state index is 0.0629. The lowest BCUT2D eigenvalue weighted by Gasteiger charge is -2.35. The number of hydrogen-bond acceptors (Lipinski definition) is 4. The van der Waals surface area contributed by atoms with Gasteiger partial charge in [0.15, 0.2) is 0 Å². The number of alkyl halides is 3. The zero-order valence-corrected chi connectivity index (χ0v) is 14.8. The lowest BCUT2D eigenvalue weighted by Crippen LogP contribution is -2.48. The molecule has 0 aliphatic carbocycles. The van der Waals surface area contributed by atoms with E-state index in [0.29, 0.717) is 11.1 Å². The average molecular weight is 397 g/mol. The first kappa shape index (κ1) is 19.7. The van der Waals surface area contributed by atoms with Crippen molar-refractivity contribution in [3.8, 4) is 0 Å². The summed E-state index contributed by atoms with van der Waals surface area (Å²) in [5.74, 6) is -1.93. The van der Waals surface area contributed by atoms with Gasteiger partial charge in [0, 0.05) is 43.0 Å². The standard InChI is InChI=1S/C15H16ClF3N2O3S/c1-11(9-14(22)15(17,18)19)20-5-7-21(8-6-20)25(23,24)13-4-2-3-12(16)10-13/h2-4,9-10H,5-8H2,1H3/b11-9+. The number of rotatable bonds is 4. The van der Waals surface area contributed by atoms with Gasteiger partial charge in [0.1, 0.15) is 0 Å². The van der Waals surface area contributed by atoms with E-state index >= 15 is 0 Å². The Kier molecular flexibility index (Phi) is 5.80. The van der Waals surface area contributed by atoms with Gasteiger partial charge < -0.3 is 4.90 Å². The number of ketones is 1. The fourth-order valence-corrected chi connectivity index (χ4v) is 4.14. The number of nitrogens with zero attached hydrogens (tertiary/aromatic N) is 2. The van der Waals surface area contributed by atoms with Crippen molar-refractivity contribution in [3.63, 3.8) is 0 Å². The molecule has 10 heteroatoms. The molecule has 1 heterocycles. The molecule has 1 aromatic rings. The van der Waals surface area contributed by atoms with E-state index in [1.54, 1.807) is 11.0 Å². The number of sulfonamides is 1. The second-order valence-corrected chi connectivity index (χ2v) is 7.87. The fourth-order valence-electron chi connectivity index (χ4n) is 2.42. The molecule has 0 N–H and O–H groups in total.